The molecule has 34 heavy (non-hydrogen) atoms. The normalized spacial score (nSPS) is 14.7. The van der Waals surface area contributed by atoms with Crippen LogP contribution in [0.3, 0.4) is 0 Å². The Balaban J connectivity index is 1.32. The number of hydrogen-bond donors (Lipinski definition) is 1. The van der Waals surface area contributed by atoms with Crippen LogP contribution in [0.1, 0.15) is 29.5 Å². The first-order chi connectivity index (χ1) is 16.5. The van der Waals surface area contributed by atoms with Crippen LogP contribution in [0, 0.1) is 27.3 Å². The third kappa shape index (κ3) is 5.30. The highest BCUT2D eigenvalue weighted by Crippen LogP contribution is 2.26. The first-order valence-corrected chi connectivity index (χ1v) is 11.2. The quantitative estimate of drug-likeness (QED) is 0.398. The molecule has 8 nitrogen and oxygen atoms in total. The van der Waals surface area contributed by atoms with E-state index in [1.54, 1.807) is 19.4 Å². The largest absolute Gasteiger partial charge is 0.497 e. The molecule has 3 aromatic rings. The second kappa shape index (κ2) is 10.5. The average Bonchev–Trinajstić information content (AvgIpc) is 2.86. The summed E-state index contributed by atoms with van der Waals surface area (Å²) in [5, 5.41) is 24.7. The van der Waals surface area contributed by atoms with Crippen molar-refractivity contribution in [2.24, 2.45) is 0 Å². The molecule has 2 aromatic carbocycles. The molecule has 4 rings (SSSR count). The van der Waals surface area contributed by atoms with Gasteiger partial charge in [-0.15, -0.1) is 0 Å². The van der Waals surface area contributed by atoms with E-state index in [1.165, 1.54) is 12.1 Å². The monoisotopic (exact) mass is 463 g/mol. The van der Waals surface area contributed by atoms with Gasteiger partial charge in [0.1, 0.15) is 11.8 Å². The summed E-state index contributed by atoms with van der Waals surface area (Å²) in [6.45, 7) is 3.14. The van der Waals surface area contributed by atoms with E-state index in [0.29, 0.717) is 23.7 Å². The number of benzene rings is 2. The summed E-state index contributed by atoms with van der Waals surface area (Å²) in [6, 6.07) is 12.3. The van der Waals surface area contributed by atoms with E-state index < -0.39 is 16.4 Å². The van der Waals surface area contributed by atoms with Gasteiger partial charge in [0.15, 0.2) is 0 Å². The summed E-state index contributed by atoms with van der Waals surface area (Å²) in [6.07, 6.45) is 4.29. The number of ether oxygens (including phenoxy) is 1. The fraction of sp³-hybridized carbons (Fsp3) is 0.360. The molecular formula is C25H26FN5O3. The van der Waals surface area contributed by atoms with E-state index in [-0.39, 0.29) is 0 Å². The average molecular weight is 464 g/mol. The van der Waals surface area contributed by atoms with Crippen molar-refractivity contribution in [3.05, 3.63) is 75.2 Å². The number of nitro benzene ring substituents is 1. The predicted octanol–water partition coefficient (Wildman–Crippen LogP) is 3.96. The topological polar surface area (TPSA) is 104 Å². The van der Waals surface area contributed by atoms with Crippen LogP contribution in [0.4, 0.5) is 10.1 Å². The maximum absolute atomic E-state index is 13.8. The molecule has 0 atom stereocenters. The molecule has 1 N–H and O–H groups in total. The highest BCUT2D eigenvalue weighted by atomic mass is 19.1. The zero-order valence-electron chi connectivity index (χ0n) is 19.0. The molecule has 0 aliphatic carbocycles. The van der Waals surface area contributed by atoms with E-state index >= 15 is 0 Å². The summed E-state index contributed by atoms with van der Waals surface area (Å²) in [5.41, 5.74) is 2.62. The van der Waals surface area contributed by atoms with Crippen LogP contribution in [0.5, 0.6) is 5.75 Å². The van der Waals surface area contributed by atoms with Crippen molar-refractivity contribution in [1.82, 2.24) is 15.2 Å². The highest BCUT2D eigenvalue weighted by molar-refractivity contribution is 5.85. The molecular weight excluding hydrogens is 437 g/mol. The number of nitriles is 1. The molecule has 2 heterocycles. The van der Waals surface area contributed by atoms with Crippen molar-refractivity contribution < 1.29 is 14.1 Å². The van der Waals surface area contributed by atoms with Gasteiger partial charge in [-0.25, -0.2) is 0 Å². The van der Waals surface area contributed by atoms with Crippen LogP contribution < -0.4 is 10.1 Å². The minimum atomic E-state index is -0.808. The van der Waals surface area contributed by atoms with Crippen molar-refractivity contribution in [1.29, 1.82) is 5.26 Å². The van der Waals surface area contributed by atoms with Crippen LogP contribution in [0.15, 0.2) is 42.6 Å². The lowest BCUT2D eigenvalue weighted by molar-refractivity contribution is -0.387. The van der Waals surface area contributed by atoms with Crippen molar-refractivity contribution in [3.8, 4) is 11.8 Å². The van der Waals surface area contributed by atoms with Gasteiger partial charge in [-0.05, 0) is 67.7 Å². The zero-order valence-corrected chi connectivity index (χ0v) is 19.0. The predicted molar refractivity (Wildman–Crippen MR) is 126 cm³/mol. The molecule has 0 amide bonds. The minimum Gasteiger partial charge on any atom is -0.497 e. The molecule has 0 unspecified atom stereocenters. The fourth-order valence-electron chi connectivity index (χ4n) is 4.42. The molecule has 1 saturated heterocycles. The molecule has 0 saturated carbocycles. The van der Waals surface area contributed by atoms with Crippen LogP contribution in [-0.4, -0.2) is 47.6 Å². The summed E-state index contributed by atoms with van der Waals surface area (Å²) < 4.78 is 19.2. The lowest BCUT2D eigenvalue weighted by atomic mass is 9.99. The molecule has 0 spiro atoms. The maximum Gasteiger partial charge on any atom is 0.304 e. The number of aromatic nitrogens is 1. The van der Waals surface area contributed by atoms with Gasteiger partial charge in [0.05, 0.1) is 23.1 Å². The summed E-state index contributed by atoms with van der Waals surface area (Å²) in [4.78, 5) is 16.8. The molecule has 1 aromatic heterocycles. The number of nitrogens with one attached hydrogen (secondary N) is 1. The van der Waals surface area contributed by atoms with Gasteiger partial charge in [-0.1, -0.05) is 6.07 Å². The Morgan fingerprint density at radius 1 is 1.29 bits per heavy atom. The first kappa shape index (κ1) is 23.5. The number of nitrogens with zero attached hydrogens (tertiary/aromatic N) is 4. The second-order valence-electron chi connectivity index (χ2n) is 8.43. The van der Waals surface area contributed by atoms with Crippen molar-refractivity contribution in [2.45, 2.75) is 31.8 Å². The maximum atomic E-state index is 13.8. The van der Waals surface area contributed by atoms with E-state index in [1.807, 2.05) is 18.2 Å². The fourth-order valence-corrected chi connectivity index (χ4v) is 4.42. The van der Waals surface area contributed by atoms with Crippen molar-refractivity contribution in [2.75, 3.05) is 26.7 Å². The second-order valence-corrected chi connectivity index (χ2v) is 8.43. The standard InChI is InChI=1S/C25H26FN5O3/c1-34-20-3-4-24-22(13-20)21(18(14-27)16-29-24)8-11-30-9-6-19(7-10-30)28-15-17-2-5-25(31(32)33)23(26)12-17/h2-5,12-13,16,19,28H,6-11,15H2,1H3. The number of piperidine rings is 1. The van der Waals surface area contributed by atoms with E-state index in [2.05, 4.69) is 21.3 Å². The highest BCUT2D eigenvalue weighted by Gasteiger charge is 2.20. The SMILES string of the molecule is COc1ccc2ncc(C#N)c(CCN3CCC(NCc4ccc([N+](=O)[O-])c(F)c4)CC3)c2c1. The van der Waals surface area contributed by atoms with E-state index in [4.69, 9.17) is 4.74 Å². The number of fused-ring (bicyclic) bond motifs is 1. The summed E-state index contributed by atoms with van der Waals surface area (Å²) >= 11 is 0. The van der Waals surface area contributed by atoms with E-state index in [9.17, 15) is 19.8 Å². The smallest absolute Gasteiger partial charge is 0.304 e. The molecule has 0 bridgehead atoms. The Morgan fingerprint density at radius 2 is 2.09 bits per heavy atom. The van der Waals surface area contributed by atoms with Gasteiger partial charge in [-0.2, -0.15) is 9.65 Å². The van der Waals surface area contributed by atoms with Crippen molar-refractivity contribution >= 4 is 16.6 Å². The van der Waals surface area contributed by atoms with E-state index in [0.717, 1.165) is 61.1 Å². The number of methoxy groups -OCH3 is 1. The Labute approximate surface area is 197 Å². The lowest BCUT2D eigenvalue weighted by Crippen LogP contribution is -2.42. The Hall–Kier alpha value is -3.61. The van der Waals surface area contributed by atoms with Crippen LogP contribution in [0.2, 0.25) is 0 Å². The number of rotatable bonds is 8. The molecule has 1 fully saturated rings. The number of likely N-dealkylation sites (tertiary alicyclic amines) is 1. The van der Waals surface area contributed by atoms with Gasteiger partial charge in [0.25, 0.3) is 0 Å². The van der Waals surface area contributed by atoms with Gasteiger partial charge in [0, 0.05) is 36.8 Å². The molecule has 1 aliphatic rings. The van der Waals surface area contributed by atoms with Gasteiger partial charge in [0.2, 0.25) is 5.82 Å². The minimum absolute atomic E-state index is 0.301. The Kier molecular flexibility index (Phi) is 7.30. The number of hydrogen-bond acceptors (Lipinski definition) is 7. The zero-order chi connectivity index (χ0) is 24.1. The van der Waals surface area contributed by atoms with Crippen LogP contribution in [-0.2, 0) is 13.0 Å². The number of nitro groups is 1. The Morgan fingerprint density at radius 3 is 2.76 bits per heavy atom. The van der Waals surface area contributed by atoms with Gasteiger partial charge in [-0.3, -0.25) is 15.1 Å². The molecule has 9 heteroatoms. The third-order valence-corrected chi connectivity index (χ3v) is 6.38. The van der Waals surface area contributed by atoms with Gasteiger partial charge < -0.3 is 15.0 Å². The van der Waals surface area contributed by atoms with Crippen molar-refractivity contribution in [3.63, 3.8) is 0 Å². The molecule has 1 aliphatic heterocycles. The third-order valence-electron chi connectivity index (χ3n) is 6.38. The van der Waals surface area contributed by atoms with Gasteiger partial charge >= 0.3 is 5.69 Å². The summed E-state index contributed by atoms with van der Waals surface area (Å²) in [5.74, 6) is -0.0671. The van der Waals surface area contributed by atoms with Crippen LogP contribution >= 0.6 is 0 Å². The summed E-state index contributed by atoms with van der Waals surface area (Å²) in [7, 11) is 1.62. The first-order valence-electron chi connectivity index (χ1n) is 11.2. The Bertz CT molecular complexity index is 1240. The molecule has 176 valence electrons. The number of pyridine rings is 1. The molecule has 0 radical (unpaired) electrons. The van der Waals surface area contributed by atoms with Crippen LogP contribution in [0.25, 0.3) is 10.9 Å². The lowest BCUT2D eigenvalue weighted by Gasteiger charge is -2.32. The number of halogens is 1.